The van der Waals surface area contributed by atoms with Crippen LogP contribution in [0, 0.1) is 0 Å². The number of carbonyl (C=O) groups is 1. The number of amides is 1. The summed E-state index contributed by atoms with van der Waals surface area (Å²) < 4.78 is 5.59. The molecule has 2 N–H and O–H groups in total. The predicted octanol–water partition coefficient (Wildman–Crippen LogP) is 3.17. The van der Waals surface area contributed by atoms with Gasteiger partial charge in [0, 0.05) is 12.1 Å². The monoisotopic (exact) mass is 320 g/mol. The molecule has 2 atom stereocenters. The van der Waals surface area contributed by atoms with Gasteiger partial charge >= 0.3 is 6.09 Å². The van der Waals surface area contributed by atoms with Gasteiger partial charge in [-0.1, -0.05) is 6.92 Å². The van der Waals surface area contributed by atoms with Crippen LogP contribution in [0.1, 0.15) is 59.1 Å². The maximum Gasteiger partial charge on any atom is 0.410 e. The molecule has 1 aromatic heterocycles. The second-order valence-corrected chi connectivity index (χ2v) is 7.17. The number of ether oxygens (including phenoxy) is 1. The fourth-order valence-electron chi connectivity index (χ4n) is 3.08. The molecule has 1 aromatic rings. The van der Waals surface area contributed by atoms with Crippen molar-refractivity contribution in [2.75, 3.05) is 5.73 Å². The highest BCUT2D eigenvalue weighted by atomic mass is 16.6. The van der Waals surface area contributed by atoms with Gasteiger partial charge in [-0.15, -0.1) is 5.10 Å². The van der Waals surface area contributed by atoms with Crippen LogP contribution in [0.5, 0.6) is 0 Å². The van der Waals surface area contributed by atoms with Gasteiger partial charge in [-0.25, -0.2) is 4.79 Å². The van der Waals surface area contributed by atoms with Crippen molar-refractivity contribution in [3.8, 4) is 0 Å². The number of hydrogen-bond acceptors (Lipinski definition) is 5. The van der Waals surface area contributed by atoms with Crippen LogP contribution in [0.15, 0.2) is 12.1 Å². The summed E-state index contributed by atoms with van der Waals surface area (Å²) in [6.45, 7) is 7.83. The van der Waals surface area contributed by atoms with E-state index in [4.69, 9.17) is 10.5 Å². The smallest absolute Gasteiger partial charge is 0.410 e. The SMILES string of the molecule is CCC1CCC(CCc2ccc(N)nn2)N1C(=O)OC(C)(C)C. The van der Waals surface area contributed by atoms with Crippen LogP contribution in [0.3, 0.4) is 0 Å². The third kappa shape index (κ3) is 4.81. The first-order valence-electron chi connectivity index (χ1n) is 8.39. The highest BCUT2D eigenvalue weighted by Crippen LogP contribution is 2.30. The van der Waals surface area contributed by atoms with Gasteiger partial charge in [0.15, 0.2) is 0 Å². The standard InChI is InChI=1S/C17H28N4O2/c1-5-13-9-10-14(21(13)16(22)23-17(2,3)4)8-6-12-7-11-15(18)20-19-12/h7,11,13-14H,5-6,8-10H2,1-4H3,(H2,18,20). The zero-order chi connectivity index (χ0) is 17.0. The lowest BCUT2D eigenvalue weighted by Crippen LogP contribution is -2.44. The average Bonchev–Trinajstić information content (AvgIpc) is 2.88. The molecule has 23 heavy (non-hydrogen) atoms. The minimum Gasteiger partial charge on any atom is -0.444 e. The minimum atomic E-state index is -0.467. The molecule has 0 aliphatic carbocycles. The highest BCUT2D eigenvalue weighted by Gasteiger charge is 2.37. The maximum absolute atomic E-state index is 12.6. The highest BCUT2D eigenvalue weighted by molar-refractivity contribution is 5.69. The third-order valence-electron chi connectivity index (χ3n) is 4.17. The summed E-state index contributed by atoms with van der Waals surface area (Å²) in [7, 11) is 0. The molecule has 1 amide bonds. The minimum absolute atomic E-state index is 0.199. The Morgan fingerprint density at radius 2 is 2.00 bits per heavy atom. The summed E-state index contributed by atoms with van der Waals surface area (Å²) in [5.74, 6) is 0.427. The van der Waals surface area contributed by atoms with Gasteiger partial charge < -0.3 is 15.4 Å². The fourth-order valence-corrected chi connectivity index (χ4v) is 3.08. The van der Waals surface area contributed by atoms with Gasteiger partial charge in [-0.3, -0.25) is 0 Å². The van der Waals surface area contributed by atoms with Crippen molar-refractivity contribution in [1.29, 1.82) is 0 Å². The number of nitrogens with zero attached hydrogens (tertiary/aromatic N) is 3. The van der Waals surface area contributed by atoms with Crippen LogP contribution in [-0.2, 0) is 11.2 Å². The zero-order valence-corrected chi connectivity index (χ0v) is 14.6. The molecular formula is C17H28N4O2. The summed E-state index contributed by atoms with van der Waals surface area (Å²) in [6.07, 6.45) is 4.46. The molecule has 0 radical (unpaired) electrons. The Labute approximate surface area is 138 Å². The van der Waals surface area contributed by atoms with Crippen LogP contribution >= 0.6 is 0 Å². The van der Waals surface area contributed by atoms with Crippen molar-refractivity contribution in [3.05, 3.63) is 17.8 Å². The molecule has 0 aromatic carbocycles. The van der Waals surface area contributed by atoms with E-state index in [0.717, 1.165) is 37.8 Å². The quantitative estimate of drug-likeness (QED) is 0.921. The van der Waals surface area contributed by atoms with E-state index < -0.39 is 5.60 Å². The molecule has 2 rings (SSSR count). The first-order valence-corrected chi connectivity index (χ1v) is 8.39. The number of nitrogen functional groups attached to an aromatic ring is 1. The molecule has 1 aliphatic rings. The first-order chi connectivity index (χ1) is 10.8. The molecule has 1 fully saturated rings. The number of likely N-dealkylation sites (tertiary alicyclic amines) is 1. The van der Waals surface area contributed by atoms with E-state index in [2.05, 4.69) is 17.1 Å². The van der Waals surface area contributed by atoms with Crippen molar-refractivity contribution in [1.82, 2.24) is 15.1 Å². The molecule has 0 spiro atoms. The molecule has 1 saturated heterocycles. The number of nitrogens with two attached hydrogens (primary N) is 1. The van der Waals surface area contributed by atoms with Gasteiger partial charge in [-0.05, 0) is 65.0 Å². The molecule has 1 aliphatic heterocycles. The molecule has 2 heterocycles. The molecule has 0 bridgehead atoms. The Balaban J connectivity index is 2.01. The topological polar surface area (TPSA) is 81.3 Å². The Bertz CT molecular complexity index is 524. The number of rotatable bonds is 4. The van der Waals surface area contributed by atoms with Crippen molar-refractivity contribution in [2.45, 2.75) is 77.5 Å². The predicted molar refractivity (Wildman–Crippen MR) is 89.9 cm³/mol. The van der Waals surface area contributed by atoms with Gasteiger partial charge in [0.25, 0.3) is 0 Å². The second kappa shape index (κ2) is 7.15. The van der Waals surface area contributed by atoms with Gasteiger partial charge in [0.2, 0.25) is 0 Å². The van der Waals surface area contributed by atoms with E-state index in [1.807, 2.05) is 31.7 Å². The van der Waals surface area contributed by atoms with Gasteiger partial charge in [0.1, 0.15) is 11.4 Å². The van der Waals surface area contributed by atoms with Crippen LogP contribution in [0.2, 0.25) is 0 Å². The summed E-state index contributed by atoms with van der Waals surface area (Å²) >= 11 is 0. The number of aromatic nitrogens is 2. The second-order valence-electron chi connectivity index (χ2n) is 7.17. The van der Waals surface area contributed by atoms with Crippen molar-refractivity contribution < 1.29 is 9.53 Å². The van der Waals surface area contributed by atoms with Gasteiger partial charge in [-0.2, -0.15) is 5.10 Å². The van der Waals surface area contributed by atoms with Gasteiger partial charge in [0.05, 0.1) is 5.69 Å². The number of anilines is 1. The number of hydrogen-bond donors (Lipinski definition) is 1. The average molecular weight is 320 g/mol. The lowest BCUT2D eigenvalue weighted by atomic mass is 10.1. The number of aryl methyl sites for hydroxylation is 1. The first kappa shape index (κ1) is 17.5. The lowest BCUT2D eigenvalue weighted by molar-refractivity contribution is 0.0136. The summed E-state index contributed by atoms with van der Waals surface area (Å²) in [5.41, 5.74) is 6.00. The largest absolute Gasteiger partial charge is 0.444 e. The van der Waals surface area contributed by atoms with Crippen LogP contribution in [0.4, 0.5) is 10.6 Å². The van der Waals surface area contributed by atoms with Crippen LogP contribution in [0.25, 0.3) is 0 Å². The molecule has 6 nitrogen and oxygen atoms in total. The van der Waals surface area contributed by atoms with Crippen molar-refractivity contribution >= 4 is 11.9 Å². The van der Waals surface area contributed by atoms with Crippen LogP contribution in [-0.4, -0.2) is 38.9 Å². The Hall–Kier alpha value is -1.85. The molecule has 128 valence electrons. The molecule has 6 heteroatoms. The number of carbonyl (C=O) groups excluding carboxylic acids is 1. The third-order valence-corrected chi connectivity index (χ3v) is 4.17. The maximum atomic E-state index is 12.6. The van der Waals surface area contributed by atoms with E-state index >= 15 is 0 Å². The van der Waals surface area contributed by atoms with E-state index in [9.17, 15) is 4.79 Å². The Morgan fingerprint density at radius 3 is 2.57 bits per heavy atom. The van der Waals surface area contributed by atoms with Crippen molar-refractivity contribution in [2.24, 2.45) is 0 Å². The summed E-state index contributed by atoms with van der Waals surface area (Å²) in [6, 6.07) is 4.13. The molecule has 2 unspecified atom stereocenters. The summed E-state index contributed by atoms with van der Waals surface area (Å²) in [5, 5.41) is 7.98. The molecular weight excluding hydrogens is 292 g/mol. The Morgan fingerprint density at radius 1 is 1.30 bits per heavy atom. The van der Waals surface area contributed by atoms with Crippen molar-refractivity contribution in [3.63, 3.8) is 0 Å². The van der Waals surface area contributed by atoms with E-state index in [-0.39, 0.29) is 18.2 Å². The summed E-state index contributed by atoms with van der Waals surface area (Å²) in [4.78, 5) is 14.5. The zero-order valence-electron chi connectivity index (χ0n) is 14.6. The van der Waals surface area contributed by atoms with E-state index in [1.54, 1.807) is 6.07 Å². The van der Waals surface area contributed by atoms with E-state index in [1.165, 1.54) is 0 Å². The van der Waals surface area contributed by atoms with E-state index in [0.29, 0.717) is 5.82 Å². The Kier molecular flexibility index (Phi) is 5.44. The fraction of sp³-hybridized carbons (Fsp3) is 0.706. The van der Waals surface area contributed by atoms with Crippen LogP contribution < -0.4 is 5.73 Å². The normalized spacial score (nSPS) is 21.5. The molecule has 0 saturated carbocycles. The lowest BCUT2D eigenvalue weighted by Gasteiger charge is -2.32.